The van der Waals surface area contributed by atoms with Gasteiger partial charge in [0.2, 0.25) is 0 Å². The fourth-order valence-electron chi connectivity index (χ4n) is 10.2. The van der Waals surface area contributed by atoms with E-state index >= 15 is 0 Å². The van der Waals surface area contributed by atoms with Gasteiger partial charge in [-0.15, -0.1) is 0 Å². The van der Waals surface area contributed by atoms with Gasteiger partial charge in [0, 0.05) is 22.1 Å². The minimum atomic E-state index is -0.113. The predicted octanol–water partition coefficient (Wildman–Crippen LogP) is 16.2. The molecule has 0 saturated heterocycles. The molecule has 0 atom stereocenters. The van der Waals surface area contributed by atoms with Crippen molar-refractivity contribution in [1.29, 1.82) is 0 Å². The van der Waals surface area contributed by atoms with Crippen molar-refractivity contribution < 1.29 is 0 Å². The van der Waals surface area contributed by atoms with Crippen LogP contribution in [0.4, 0.5) is 0 Å². The zero-order chi connectivity index (χ0) is 42.1. The summed E-state index contributed by atoms with van der Waals surface area (Å²) in [6.45, 7) is 4.75. The van der Waals surface area contributed by atoms with Crippen LogP contribution < -0.4 is 0 Å². The number of nitrogens with zero attached hydrogens (tertiary/aromatic N) is 2. The third kappa shape index (κ3) is 6.09. The molecule has 63 heavy (non-hydrogen) atoms. The standard InChI is InChI=1S/C61H42N2/c1-61(2)55-35-29-40-18-9-10-23-46(40)59(55)54-30-28-43(37-56(54)61)45-31-32-51(48-25-12-11-24-47(45)48)52-33-34-53(50-27-14-13-26-49(50)52)60-62-57(41-19-7-4-8-20-41)38-58(63-60)44-22-15-21-42(36-44)39-16-5-3-6-17-39/h3-38H,1-2H3. The van der Waals surface area contributed by atoms with Crippen molar-refractivity contribution in [2.24, 2.45) is 0 Å². The third-order valence-electron chi connectivity index (χ3n) is 13.3. The van der Waals surface area contributed by atoms with Crippen LogP contribution >= 0.6 is 0 Å². The number of benzene rings is 10. The largest absolute Gasteiger partial charge is 0.228 e. The number of hydrogen-bond acceptors (Lipinski definition) is 2. The van der Waals surface area contributed by atoms with E-state index in [0.29, 0.717) is 5.82 Å². The van der Waals surface area contributed by atoms with Crippen molar-refractivity contribution in [3.63, 3.8) is 0 Å². The maximum Gasteiger partial charge on any atom is 0.161 e. The summed E-state index contributed by atoms with van der Waals surface area (Å²) in [7, 11) is 0. The van der Waals surface area contributed by atoms with Gasteiger partial charge in [-0.25, -0.2) is 9.97 Å². The molecule has 0 aliphatic heterocycles. The summed E-state index contributed by atoms with van der Waals surface area (Å²) in [6, 6.07) is 79.0. The molecule has 0 amide bonds. The van der Waals surface area contributed by atoms with Gasteiger partial charge in [0.1, 0.15) is 0 Å². The van der Waals surface area contributed by atoms with E-state index in [9.17, 15) is 0 Å². The lowest BCUT2D eigenvalue weighted by Gasteiger charge is -2.22. The highest BCUT2D eigenvalue weighted by molar-refractivity contribution is 6.12. The van der Waals surface area contributed by atoms with Crippen molar-refractivity contribution in [3.05, 3.63) is 230 Å². The lowest BCUT2D eigenvalue weighted by atomic mass is 9.81. The molecule has 1 aliphatic carbocycles. The average Bonchev–Trinajstić information content (AvgIpc) is 3.59. The van der Waals surface area contributed by atoms with Crippen molar-refractivity contribution >= 4 is 32.3 Å². The molecule has 0 radical (unpaired) electrons. The van der Waals surface area contributed by atoms with Crippen molar-refractivity contribution in [2.75, 3.05) is 0 Å². The SMILES string of the molecule is CC1(C)c2cc(-c3ccc(-c4ccc(-c5nc(-c6ccccc6)cc(-c6cccc(-c7ccccc7)c6)n5)c5ccccc45)c4ccccc34)ccc2-c2c1ccc1ccccc21. The molecular formula is C61H42N2. The van der Waals surface area contributed by atoms with E-state index in [0.717, 1.165) is 39.0 Å². The average molecular weight is 803 g/mol. The molecule has 10 aromatic carbocycles. The van der Waals surface area contributed by atoms with Crippen molar-refractivity contribution in [1.82, 2.24) is 9.97 Å². The first-order valence-corrected chi connectivity index (χ1v) is 21.8. The van der Waals surface area contributed by atoms with E-state index in [4.69, 9.17) is 9.97 Å². The molecule has 0 unspecified atom stereocenters. The maximum atomic E-state index is 5.33. The molecule has 0 bridgehead atoms. The van der Waals surface area contributed by atoms with Gasteiger partial charge in [0.15, 0.2) is 5.82 Å². The summed E-state index contributed by atoms with van der Waals surface area (Å²) < 4.78 is 0. The molecule has 1 aromatic heterocycles. The van der Waals surface area contributed by atoms with Gasteiger partial charge in [-0.2, -0.15) is 0 Å². The van der Waals surface area contributed by atoms with E-state index in [1.807, 2.05) is 6.07 Å². The maximum absolute atomic E-state index is 5.33. The van der Waals surface area contributed by atoms with Gasteiger partial charge >= 0.3 is 0 Å². The second-order valence-electron chi connectivity index (χ2n) is 17.3. The Labute approximate surface area is 367 Å². The zero-order valence-electron chi connectivity index (χ0n) is 35.2. The van der Waals surface area contributed by atoms with Crippen LogP contribution in [-0.4, -0.2) is 9.97 Å². The molecule has 0 fully saturated rings. The Kier molecular flexibility index (Phi) is 8.55. The highest BCUT2D eigenvalue weighted by atomic mass is 14.9. The van der Waals surface area contributed by atoms with Crippen LogP contribution in [0, 0.1) is 0 Å². The molecule has 296 valence electrons. The highest BCUT2D eigenvalue weighted by Crippen LogP contribution is 2.52. The molecule has 1 aliphatic rings. The second-order valence-corrected chi connectivity index (χ2v) is 17.3. The third-order valence-corrected chi connectivity index (χ3v) is 13.3. The topological polar surface area (TPSA) is 25.8 Å². The lowest BCUT2D eigenvalue weighted by Crippen LogP contribution is -2.15. The van der Waals surface area contributed by atoms with Gasteiger partial charge in [-0.1, -0.05) is 208 Å². The molecular weight excluding hydrogens is 761 g/mol. The quantitative estimate of drug-likeness (QED) is 0.167. The second kappa shape index (κ2) is 14.6. The van der Waals surface area contributed by atoms with Crippen molar-refractivity contribution in [3.8, 4) is 78.4 Å². The summed E-state index contributed by atoms with van der Waals surface area (Å²) in [5.74, 6) is 0.703. The summed E-state index contributed by atoms with van der Waals surface area (Å²) in [5.41, 5.74) is 17.5. The molecule has 0 spiro atoms. The number of hydrogen-bond donors (Lipinski definition) is 0. The van der Waals surface area contributed by atoms with Gasteiger partial charge < -0.3 is 0 Å². The monoisotopic (exact) mass is 802 g/mol. The van der Waals surface area contributed by atoms with Gasteiger partial charge in [0.25, 0.3) is 0 Å². The van der Waals surface area contributed by atoms with Crippen LogP contribution in [0.3, 0.4) is 0 Å². The van der Waals surface area contributed by atoms with Crippen LogP contribution in [-0.2, 0) is 5.41 Å². The number of fused-ring (bicyclic) bond motifs is 7. The first-order valence-electron chi connectivity index (χ1n) is 21.8. The Morgan fingerprint density at radius 3 is 1.51 bits per heavy atom. The normalized spacial score (nSPS) is 12.7. The van der Waals surface area contributed by atoms with Crippen LogP contribution in [0.2, 0.25) is 0 Å². The van der Waals surface area contributed by atoms with E-state index < -0.39 is 0 Å². The highest BCUT2D eigenvalue weighted by Gasteiger charge is 2.36. The summed E-state index contributed by atoms with van der Waals surface area (Å²) in [6.07, 6.45) is 0. The first-order chi connectivity index (χ1) is 31.0. The smallest absolute Gasteiger partial charge is 0.161 e. The summed E-state index contributed by atoms with van der Waals surface area (Å²) in [4.78, 5) is 10.6. The number of aromatic nitrogens is 2. The Morgan fingerprint density at radius 2 is 0.810 bits per heavy atom. The van der Waals surface area contributed by atoms with Crippen molar-refractivity contribution in [2.45, 2.75) is 19.3 Å². The van der Waals surface area contributed by atoms with Crippen LogP contribution in [0.15, 0.2) is 218 Å². The van der Waals surface area contributed by atoms with Crippen LogP contribution in [0.1, 0.15) is 25.0 Å². The van der Waals surface area contributed by atoms with E-state index in [1.165, 1.54) is 77.0 Å². The molecule has 11 aromatic rings. The van der Waals surface area contributed by atoms with E-state index in [1.54, 1.807) is 0 Å². The zero-order valence-corrected chi connectivity index (χ0v) is 35.2. The Hall–Kier alpha value is -7.94. The van der Waals surface area contributed by atoms with Gasteiger partial charge in [0.05, 0.1) is 11.4 Å². The minimum absolute atomic E-state index is 0.113. The predicted molar refractivity (Wildman–Crippen MR) is 265 cm³/mol. The molecule has 12 rings (SSSR count). The van der Waals surface area contributed by atoms with E-state index in [-0.39, 0.29) is 5.41 Å². The van der Waals surface area contributed by atoms with Crippen LogP contribution in [0.25, 0.3) is 111 Å². The summed E-state index contributed by atoms with van der Waals surface area (Å²) in [5, 5.41) is 7.36. The Balaban J connectivity index is 0.985. The minimum Gasteiger partial charge on any atom is -0.228 e. The fraction of sp³-hybridized carbons (Fsp3) is 0.0492. The molecule has 0 saturated carbocycles. The lowest BCUT2D eigenvalue weighted by molar-refractivity contribution is 0.661. The van der Waals surface area contributed by atoms with Gasteiger partial charge in [-0.05, 0) is 112 Å². The summed E-state index contributed by atoms with van der Waals surface area (Å²) >= 11 is 0. The molecule has 1 heterocycles. The van der Waals surface area contributed by atoms with E-state index in [2.05, 4.69) is 226 Å². The Morgan fingerprint density at radius 1 is 0.302 bits per heavy atom. The molecule has 2 nitrogen and oxygen atoms in total. The molecule has 0 N–H and O–H groups in total. The first kappa shape index (κ1) is 36.9. The Bertz CT molecular complexity index is 3580. The fourth-order valence-corrected chi connectivity index (χ4v) is 10.2. The van der Waals surface area contributed by atoms with Gasteiger partial charge in [-0.3, -0.25) is 0 Å². The number of rotatable bonds is 6. The molecule has 2 heteroatoms. The van der Waals surface area contributed by atoms with Crippen LogP contribution in [0.5, 0.6) is 0 Å².